The van der Waals surface area contributed by atoms with Crippen LogP contribution in [0.5, 0.6) is 5.75 Å². The summed E-state index contributed by atoms with van der Waals surface area (Å²) in [6, 6.07) is 17.0. The Kier molecular flexibility index (Phi) is 4.34. The maximum absolute atomic E-state index is 5.78. The molecule has 0 saturated heterocycles. The minimum absolute atomic E-state index is 0.271. The third kappa shape index (κ3) is 3.41. The van der Waals surface area contributed by atoms with E-state index in [9.17, 15) is 0 Å². The van der Waals surface area contributed by atoms with E-state index in [2.05, 4.69) is 20.2 Å². The molecule has 0 spiro atoms. The molecule has 4 aromatic rings. The van der Waals surface area contributed by atoms with Crippen molar-refractivity contribution in [3.05, 3.63) is 78.6 Å². The van der Waals surface area contributed by atoms with Crippen molar-refractivity contribution in [3.8, 4) is 5.75 Å². The summed E-state index contributed by atoms with van der Waals surface area (Å²) in [5, 5.41) is 6.97. The monoisotopic (exact) mass is 347 g/mol. The minimum Gasteiger partial charge on any atom is -0.486 e. The smallest absolute Gasteiger partial charge is 0.206 e. The second-order valence-corrected chi connectivity index (χ2v) is 5.61. The van der Waals surface area contributed by atoms with Gasteiger partial charge in [-0.1, -0.05) is 18.2 Å². The Balaban J connectivity index is 1.66. The average molecular weight is 347 g/mol. The fraction of sp³-hybridized carbons (Fsp3) is 0.105. The molecule has 0 saturated carbocycles. The maximum atomic E-state index is 5.78. The van der Waals surface area contributed by atoms with Crippen LogP contribution in [0, 0.1) is 6.92 Å². The highest BCUT2D eigenvalue weighted by Crippen LogP contribution is 2.32. The third-order valence-corrected chi connectivity index (χ3v) is 3.68. The number of aryl methyl sites for hydroxylation is 1. The second-order valence-electron chi connectivity index (χ2n) is 5.61. The zero-order chi connectivity index (χ0) is 17.8. The Morgan fingerprint density at radius 2 is 1.96 bits per heavy atom. The normalized spacial score (nSPS) is 10.7. The van der Waals surface area contributed by atoms with Crippen LogP contribution in [0.2, 0.25) is 0 Å². The average Bonchev–Trinajstić information content (AvgIpc) is 3.36. The first-order chi connectivity index (χ1) is 12.8. The number of aromatic nitrogens is 4. The third-order valence-electron chi connectivity index (χ3n) is 3.68. The topological polar surface area (TPSA) is 80.1 Å². The van der Waals surface area contributed by atoms with Gasteiger partial charge in [-0.3, -0.25) is 5.10 Å². The highest BCUT2D eigenvalue weighted by atomic mass is 16.5. The van der Waals surface area contributed by atoms with E-state index in [1.54, 1.807) is 12.5 Å². The van der Waals surface area contributed by atoms with Crippen LogP contribution in [0.25, 0.3) is 0 Å². The molecule has 7 heteroatoms. The van der Waals surface area contributed by atoms with Gasteiger partial charge in [-0.2, -0.15) is 5.10 Å². The van der Waals surface area contributed by atoms with Crippen molar-refractivity contribution in [3.63, 3.8) is 0 Å². The van der Waals surface area contributed by atoms with Crippen LogP contribution < -0.4 is 9.64 Å². The highest BCUT2D eigenvalue weighted by molar-refractivity contribution is 5.68. The molecule has 3 aromatic heterocycles. The summed E-state index contributed by atoms with van der Waals surface area (Å²) in [5.74, 6) is 3.40. The number of benzene rings is 1. The van der Waals surface area contributed by atoms with E-state index in [1.807, 2.05) is 66.4 Å². The number of H-pyrrole nitrogens is 1. The summed E-state index contributed by atoms with van der Waals surface area (Å²) in [4.78, 5) is 11.0. The van der Waals surface area contributed by atoms with Gasteiger partial charge in [0.05, 0.1) is 12.5 Å². The van der Waals surface area contributed by atoms with Crippen LogP contribution in [-0.4, -0.2) is 20.2 Å². The molecule has 0 aliphatic heterocycles. The van der Waals surface area contributed by atoms with Gasteiger partial charge in [-0.05, 0) is 25.1 Å². The summed E-state index contributed by atoms with van der Waals surface area (Å²) >= 11 is 0. The lowest BCUT2D eigenvalue weighted by Crippen LogP contribution is -2.14. The number of hydrogen-bond acceptors (Lipinski definition) is 6. The van der Waals surface area contributed by atoms with E-state index < -0.39 is 0 Å². The van der Waals surface area contributed by atoms with Crippen molar-refractivity contribution >= 4 is 17.5 Å². The van der Waals surface area contributed by atoms with Gasteiger partial charge in [0.25, 0.3) is 0 Å². The molecule has 0 aliphatic rings. The second kappa shape index (κ2) is 7.10. The van der Waals surface area contributed by atoms with Crippen molar-refractivity contribution in [1.29, 1.82) is 0 Å². The summed E-state index contributed by atoms with van der Waals surface area (Å²) in [6.45, 7) is 2.19. The number of aromatic amines is 1. The Bertz CT molecular complexity index is 919. The number of ether oxygens (including phenoxy) is 1. The fourth-order valence-electron chi connectivity index (χ4n) is 2.58. The van der Waals surface area contributed by atoms with E-state index in [0.717, 1.165) is 17.3 Å². The van der Waals surface area contributed by atoms with Gasteiger partial charge >= 0.3 is 0 Å². The van der Waals surface area contributed by atoms with Gasteiger partial charge in [-0.25, -0.2) is 14.9 Å². The Morgan fingerprint density at radius 3 is 2.69 bits per heavy atom. The number of nitrogens with one attached hydrogen (secondary N) is 1. The van der Waals surface area contributed by atoms with Gasteiger partial charge in [0, 0.05) is 23.9 Å². The quantitative estimate of drug-likeness (QED) is 0.564. The lowest BCUT2D eigenvalue weighted by Gasteiger charge is -2.19. The molecule has 0 atom stereocenters. The lowest BCUT2D eigenvalue weighted by molar-refractivity contribution is 0.295. The standard InChI is InChI=1S/C19H17N5O2/c1-14-12-18(22-16(21-14)13-26-15-6-3-2-4-7-15)24(17-9-10-20-23-17)19-8-5-11-25-19/h2-12H,13H2,1H3,(H,20,23). The molecule has 0 amide bonds. The first-order valence-electron chi connectivity index (χ1n) is 8.15. The van der Waals surface area contributed by atoms with Crippen LogP contribution in [0.1, 0.15) is 11.5 Å². The van der Waals surface area contributed by atoms with E-state index in [1.165, 1.54) is 0 Å². The lowest BCUT2D eigenvalue weighted by atomic mass is 10.3. The van der Waals surface area contributed by atoms with Gasteiger partial charge < -0.3 is 9.15 Å². The zero-order valence-corrected chi connectivity index (χ0v) is 14.2. The summed E-state index contributed by atoms with van der Waals surface area (Å²) in [7, 11) is 0. The molecule has 7 nitrogen and oxygen atoms in total. The molecule has 0 radical (unpaired) electrons. The zero-order valence-electron chi connectivity index (χ0n) is 14.2. The number of anilines is 3. The Morgan fingerprint density at radius 1 is 1.08 bits per heavy atom. The van der Waals surface area contributed by atoms with Gasteiger partial charge in [-0.15, -0.1) is 0 Å². The first-order valence-corrected chi connectivity index (χ1v) is 8.15. The molecule has 1 N–H and O–H groups in total. The summed E-state index contributed by atoms with van der Waals surface area (Å²) in [5.41, 5.74) is 0.831. The fourth-order valence-corrected chi connectivity index (χ4v) is 2.58. The van der Waals surface area contributed by atoms with Crippen molar-refractivity contribution in [2.45, 2.75) is 13.5 Å². The van der Waals surface area contributed by atoms with Crippen LogP contribution in [0.3, 0.4) is 0 Å². The predicted molar refractivity (Wildman–Crippen MR) is 96.6 cm³/mol. The van der Waals surface area contributed by atoms with Gasteiger partial charge in [0.1, 0.15) is 24.0 Å². The molecular formula is C19H17N5O2. The van der Waals surface area contributed by atoms with Gasteiger partial charge in [0.15, 0.2) is 5.82 Å². The van der Waals surface area contributed by atoms with E-state index >= 15 is 0 Å². The summed E-state index contributed by atoms with van der Waals surface area (Å²) in [6.07, 6.45) is 3.30. The molecule has 0 bridgehead atoms. The number of para-hydroxylation sites is 1. The highest BCUT2D eigenvalue weighted by Gasteiger charge is 2.18. The van der Waals surface area contributed by atoms with Crippen molar-refractivity contribution in [1.82, 2.24) is 20.2 Å². The molecule has 0 unspecified atom stereocenters. The molecule has 1 aromatic carbocycles. The number of hydrogen-bond donors (Lipinski definition) is 1. The SMILES string of the molecule is Cc1cc(N(c2ccn[nH]2)c2ccco2)nc(COc2ccccc2)n1. The summed E-state index contributed by atoms with van der Waals surface area (Å²) < 4.78 is 11.3. The maximum Gasteiger partial charge on any atom is 0.206 e. The van der Waals surface area contributed by atoms with Crippen molar-refractivity contribution in [2.75, 3.05) is 4.90 Å². The minimum atomic E-state index is 0.271. The molecule has 0 fully saturated rings. The van der Waals surface area contributed by atoms with E-state index in [4.69, 9.17) is 9.15 Å². The first kappa shape index (κ1) is 15.9. The van der Waals surface area contributed by atoms with Crippen molar-refractivity contribution in [2.24, 2.45) is 0 Å². The molecule has 4 rings (SSSR count). The molecule has 3 heterocycles. The molecule has 26 heavy (non-hydrogen) atoms. The predicted octanol–water partition coefficient (Wildman–Crippen LogP) is 4.15. The van der Waals surface area contributed by atoms with Crippen LogP contribution >= 0.6 is 0 Å². The largest absolute Gasteiger partial charge is 0.486 e. The Labute approximate surface area is 150 Å². The molecule has 130 valence electrons. The number of rotatable bonds is 6. The van der Waals surface area contributed by atoms with Crippen LogP contribution in [0.4, 0.5) is 17.5 Å². The Hall–Kier alpha value is -3.61. The molecule has 0 aliphatic carbocycles. The van der Waals surface area contributed by atoms with E-state index in [-0.39, 0.29) is 6.61 Å². The molecular weight excluding hydrogens is 330 g/mol. The number of nitrogens with zero attached hydrogens (tertiary/aromatic N) is 4. The number of furan rings is 1. The van der Waals surface area contributed by atoms with Gasteiger partial charge in [0.2, 0.25) is 5.88 Å². The van der Waals surface area contributed by atoms with Crippen LogP contribution in [0.15, 0.2) is 71.5 Å². The van der Waals surface area contributed by atoms with E-state index in [0.29, 0.717) is 17.5 Å². The van der Waals surface area contributed by atoms with Crippen LogP contribution in [-0.2, 0) is 6.61 Å². The van der Waals surface area contributed by atoms with Crippen molar-refractivity contribution < 1.29 is 9.15 Å².